The number of para-hydroxylation sites is 1. The lowest BCUT2D eigenvalue weighted by atomic mass is 9.85. The van der Waals surface area contributed by atoms with E-state index in [1.54, 1.807) is 0 Å². The van der Waals surface area contributed by atoms with Gasteiger partial charge in [0.1, 0.15) is 0 Å². The van der Waals surface area contributed by atoms with E-state index in [2.05, 4.69) is 69.1 Å². The Morgan fingerprint density at radius 2 is 1.95 bits per heavy atom. The summed E-state index contributed by atoms with van der Waals surface area (Å²) in [6.45, 7) is 13.9. The first kappa shape index (κ1) is 16.4. The first-order chi connectivity index (χ1) is 10.0. The van der Waals surface area contributed by atoms with Gasteiger partial charge in [0, 0.05) is 24.3 Å². The third-order valence-corrected chi connectivity index (χ3v) is 5.01. The predicted octanol–water partition coefficient (Wildman–Crippen LogP) is 4.62. The summed E-state index contributed by atoms with van der Waals surface area (Å²) < 4.78 is 0. The van der Waals surface area contributed by atoms with Crippen LogP contribution in [0.2, 0.25) is 0 Å². The fraction of sp³-hybridized carbons (Fsp3) is 0.684. The van der Waals surface area contributed by atoms with Gasteiger partial charge in [0.2, 0.25) is 0 Å². The van der Waals surface area contributed by atoms with Gasteiger partial charge in [-0.25, -0.2) is 0 Å². The van der Waals surface area contributed by atoms with Crippen LogP contribution in [-0.4, -0.2) is 19.1 Å². The van der Waals surface area contributed by atoms with Crippen LogP contribution in [0, 0.1) is 11.8 Å². The highest BCUT2D eigenvalue weighted by atomic mass is 15.2. The molecule has 2 heteroatoms. The molecule has 1 aromatic carbocycles. The summed E-state index contributed by atoms with van der Waals surface area (Å²) in [4.78, 5) is 2.64. The van der Waals surface area contributed by atoms with E-state index in [1.807, 2.05) is 0 Å². The molecule has 0 amide bonds. The van der Waals surface area contributed by atoms with E-state index >= 15 is 0 Å². The van der Waals surface area contributed by atoms with Crippen molar-refractivity contribution in [1.29, 1.82) is 0 Å². The second-order valence-electron chi connectivity index (χ2n) is 6.95. The molecule has 2 rings (SSSR count). The van der Waals surface area contributed by atoms with Gasteiger partial charge in [0.15, 0.2) is 0 Å². The number of benzene rings is 1. The zero-order valence-electron chi connectivity index (χ0n) is 14.4. The molecule has 1 aliphatic rings. The van der Waals surface area contributed by atoms with E-state index in [9.17, 15) is 0 Å². The second kappa shape index (κ2) is 7.31. The van der Waals surface area contributed by atoms with Crippen LogP contribution in [-0.2, 0) is 0 Å². The van der Waals surface area contributed by atoms with E-state index in [0.717, 1.165) is 18.4 Å². The summed E-state index contributed by atoms with van der Waals surface area (Å²) in [6.07, 6.45) is 2.53. The molecule has 0 spiro atoms. The maximum atomic E-state index is 3.64. The zero-order chi connectivity index (χ0) is 15.4. The van der Waals surface area contributed by atoms with Crippen LogP contribution < -0.4 is 10.2 Å². The molecule has 1 heterocycles. The van der Waals surface area contributed by atoms with Crippen molar-refractivity contribution in [2.24, 2.45) is 11.8 Å². The fourth-order valence-electron chi connectivity index (χ4n) is 3.62. The average Bonchev–Trinajstić information content (AvgIpc) is 2.48. The van der Waals surface area contributed by atoms with Crippen molar-refractivity contribution in [2.75, 3.05) is 18.0 Å². The maximum absolute atomic E-state index is 3.64. The Balaban J connectivity index is 2.26. The molecule has 4 atom stereocenters. The molecule has 4 unspecified atom stereocenters. The smallest absolute Gasteiger partial charge is 0.0417 e. The van der Waals surface area contributed by atoms with Crippen molar-refractivity contribution in [3.8, 4) is 0 Å². The average molecular weight is 288 g/mol. The van der Waals surface area contributed by atoms with E-state index in [-0.39, 0.29) is 0 Å². The molecule has 1 aromatic rings. The molecule has 1 saturated heterocycles. The van der Waals surface area contributed by atoms with E-state index in [0.29, 0.717) is 12.1 Å². The first-order valence-electron chi connectivity index (χ1n) is 8.63. The van der Waals surface area contributed by atoms with Crippen LogP contribution in [0.3, 0.4) is 0 Å². The van der Waals surface area contributed by atoms with Gasteiger partial charge in [-0.1, -0.05) is 39.0 Å². The van der Waals surface area contributed by atoms with Gasteiger partial charge in [0.25, 0.3) is 0 Å². The Labute approximate surface area is 130 Å². The highest BCUT2D eigenvalue weighted by Gasteiger charge is 2.30. The number of nitrogens with one attached hydrogen (secondary N) is 1. The number of anilines is 1. The quantitative estimate of drug-likeness (QED) is 0.850. The molecule has 118 valence electrons. The van der Waals surface area contributed by atoms with Gasteiger partial charge in [0.05, 0.1) is 0 Å². The molecule has 0 saturated carbocycles. The SMILES string of the molecule is CCCNC(C)c1ccccc1N1CC(C)CC(C)C1C. The molecule has 1 aliphatic heterocycles. The Bertz CT molecular complexity index is 443. The lowest BCUT2D eigenvalue weighted by molar-refractivity contribution is 0.296. The van der Waals surface area contributed by atoms with Crippen LogP contribution in [0.5, 0.6) is 0 Å². The summed E-state index contributed by atoms with van der Waals surface area (Å²) in [5.74, 6) is 1.55. The summed E-state index contributed by atoms with van der Waals surface area (Å²) in [5.41, 5.74) is 2.87. The summed E-state index contributed by atoms with van der Waals surface area (Å²) >= 11 is 0. The molecule has 0 aromatic heterocycles. The van der Waals surface area contributed by atoms with Crippen LogP contribution in [0.25, 0.3) is 0 Å². The highest BCUT2D eigenvalue weighted by Crippen LogP contribution is 2.35. The summed E-state index contributed by atoms with van der Waals surface area (Å²) in [6, 6.07) is 9.99. The van der Waals surface area contributed by atoms with Crippen molar-refractivity contribution in [2.45, 2.75) is 59.5 Å². The largest absolute Gasteiger partial charge is 0.368 e. The normalized spacial score (nSPS) is 27.7. The third-order valence-electron chi connectivity index (χ3n) is 5.01. The van der Waals surface area contributed by atoms with Gasteiger partial charge in [-0.2, -0.15) is 0 Å². The second-order valence-corrected chi connectivity index (χ2v) is 6.95. The predicted molar refractivity (Wildman–Crippen MR) is 92.9 cm³/mol. The lowest BCUT2D eigenvalue weighted by Crippen LogP contribution is -2.46. The monoisotopic (exact) mass is 288 g/mol. The number of nitrogens with zero attached hydrogens (tertiary/aromatic N) is 1. The number of hydrogen-bond acceptors (Lipinski definition) is 2. The lowest BCUT2D eigenvalue weighted by Gasteiger charge is -2.44. The van der Waals surface area contributed by atoms with E-state index in [4.69, 9.17) is 0 Å². The topological polar surface area (TPSA) is 15.3 Å². The van der Waals surface area contributed by atoms with Crippen molar-refractivity contribution in [3.05, 3.63) is 29.8 Å². The van der Waals surface area contributed by atoms with Crippen molar-refractivity contribution < 1.29 is 0 Å². The van der Waals surface area contributed by atoms with Crippen LogP contribution in [0.4, 0.5) is 5.69 Å². The molecular weight excluding hydrogens is 256 g/mol. The minimum absolute atomic E-state index is 0.417. The Kier molecular flexibility index (Phi) is 5.69. The van der Waals surface area contributed by atoms with Crippen LogP contribution in [0.15, 0.2) is 24.3 Å². The Morgan fingerprint density at radius 3 is 2.67 bits per heavy atom. The minimum Gasteiger partial charge on any atom is -0.368 e. The number of piperidine rings is 1. The van der Waals surface area contributed by atoms with Crippen molar-refractivity contribution in [3.63, 3.8) is 0 Å². The number of hydrogen-bond donors (Lipinski definition) is 1. The maximum Gasteiger partial charge on any atom is 0.0417 e. The Morgan fingerprint density at radius 1 is 1.24 bits per heavy atom. The molecular formula is C19H32N2. The van der Waals surface area contributed by atoms with Gasteiger partial charge in [-0.3, -0.25) is 0 Å². The minimum atomic E-state index is 0.417. The molecule has 0 aliphatic carbocycles. The standard InChI is InChI=1S/C19H32N2/c1-6-11-20-16(4)18-9-7-8-10-19(18)21-13-14(2)12-15(3)17(21)5/h7-10,14-17,20H,6,11-13H2,1-5H3. The molecule has 1 fully saturated rings. The van der Waals surface area contributed by atoms with Gasteiger partial charge < -0.3 is 10.2 Å². The number of rotatable bonds is 5. The van der Waals surface area contributed by atoms with Crippen LogP contribution >= 0.6 is 0 Å². The fourth-order valence-corrected chi connectivity index (χ4v) is 3.62. The van der Waals surface area contributed by atoms with Crippen molar-refractivity contribution >= 4 is 5.69 Å². The molecule has 0 bridgehead atoms. The highest BCUT2D eigenvalue weighted by molar-refractivity contribution is 5.56. The van der Waals surface area contributed by atoms with Crippen LogP contribution in [0.1, 0.15) is 59.1 Å². The first-order valence-corrected chi connectivity index (χ1v) is 8.63. The van der Waals surface area contributed by atoms with E-state index in [1.165, 1.54) is 30.6 Å². The van der Waals surface area contributed by atoms with Gasteiger partial charge >= 0.3 is 0 Å². The zero-order valence-corrected chi connectivity index (χ0v) is 14.4. The van der Waals surface area contributed by atoms with Gasteiger partial charge in [-0.15, -0.1) is 0 Å². The summed E-state index contributed by atoms with van der Waals surface area (Å²) in [5, 5.41) is 3.64. The molecule has 21 heavy (non-hydrogen) atoms. The van der Waals surface area contributed by atoms with Crippen molar-refractivity contribution in [1.82, 2.24) is 5.32 Å². The summed E-state index contributed by atoms with van der Waals surface area (Å²) in [7, 11) is 0. The van der Waals surface area contributed by atoms with Gasteiger partial charge in [-0.05, 0) is 56.7 Å². The molecule has 0 radical (unpaired) electrons. The van der Waals surface area contributed by atoms with E-state index < -0.39 is 0 Å². The third kappa shape index (κ3) is 3.79. The Hall–Kier alpha value is -1.02. The molecule has 1 N–H and O–H groups in total. The molecule has 2 nitrogen and oxygen atoms in total.